The van der Waals surface area contributed by atoms with Crippen LogP contribution in [0.15, 0.2) is 15.0 Å². The van der Waals surface area contributed by atoms with Gasteiger partial charge in [-0.1, -0.05) is 15.9 Å². The first-order chi connectivity index (χ1) is 11.8. The van der Waals surface area contributed by atoms with E-state index < -0.39 is 63.0 Å². The van der Waals surface area contributed by atoms with Crippen LogP contribution in [0.1, 0.15) is 17.5 Å². The molecule has 1 atom stereocenters. The molecular formula is C13H5Br2F12. The van der Waals surface area contributed by atoms with Crippen molar-refractivity contribution in [1.29, 1.82) is 0 Å². The number of hydrogen-bond donors (Lipinski definition) is 0. The highest BCUT2D eigenvalue weighted by atomic mass is 79.9. The molecule has 0 aliphatic rings. The van der Waals surface area contributed by atoms with Crippen molar-refractivity contribution in [3.05, 3.63) is 32.2 Å². The van der Waals surface area contributed by atoms with Crippen LogP contribution in [0.25, 0.3) is 0 Å². The van der Waals surface area contributed by atoms with Gasteiger partial charge in [0.2, 0.25) is 0 Å². The van der Waals surface area contributed by atoms with Crippen LogP contribution < -0.4 is 0 Å². The Balaban J connectivity index is 3.84. The highest BCUT2D eigenvalue weighted by Crippen LogP contribution is 2.59. The number of rotatable bonds is 4. The maximum atomic E-state index is 14.6. The van der Waals surface area contributed by atoms with Crippen molar-refractivity contribution in [2.45, 2.75) is 43.0 Å². The Morgan fingerprint density at radius 3 is 1.63 bits per heavy atom. The van der Waals surface area contributed by atoms with Crippen LogP contribution >= 0.6 is 31.9 Å². The molecular weight excluding hydrogens is 544 g/mol. The van der Waals surface area contributed by atoms with E-state index in [9.17, 15) is 52.7 Å². The Kier molecular flexibility index (Phi) is 6.59. The zero-order chi connectivity index (χ0) is 21.6. The van der Waals surface area contributed by atoms with E-state index in [1.807, 2.05) is 6.07 Å². The van der Waals surface area contributed by atoms with E-state index in [2.05, 4.69) is 31.9 Å². The third kappa shape index (κ3) is 4.67. The minimum atomic E-state index is -6.99. The molecule has 0 nitrogen and oxygen atoms in total. The van der Waals surface area contributed by atoms with E-state index in [-0.39, 0.29) is 6.07 Å². The summed E-state index contributed by atoms with van der Waals surface area (Å²) in [4.78, 5) is 0. The van der Waals surface area contributed by atoms with E-state index in [0.29, 0.717) is 0 Å². The van der Waals surface area contributed by atoms with Crippen molar-refractivity contribution in [2.75, 3.05) is 0 Å². The predicted molar refractivity (Wildman–Crippen MR) is 74.9 cm³/mol. The number of alkyl halides is 12. The lowest BCUT2D eigenvalue weighted by Crippen LogP contribution is -2.60. The summed E-state index contributed by atoms with van der Waals surface area (Å²) in [6.45, 7) is 0. The normalized spacial score (nSPS) is 16.4. The van der Waals surface area contributed by atoms with E-state index in [0.717, 1.165) is 0 Å². The minimum absolute atomic E-state index is 0.108. The second kappa shape index (κ2) is 7.30. The van der Waals surface area contributed by atoms with Gasteiger partial charge in [0.1, 0.15) is 0 Å². The molecule has 0 aliphatic heterocycles. The Morgan fingerprint density at radius 2 is 1.26 bits per heavy atom. The van der Waals surface area contributed by atoms with Gasteiger partial charge in [-0.15, -0.1) is 0 Å². The largest absolute Gasteiger partial charge is 0.457 e. The molecule has 1 aromatic rings. The van der Waals surface area contributed by atoms with Gasteiger partial charge in [-0.05, 0) is 34.0 Å². The molecule has 0 saturated carbocycles. The summed E-state index contributed by atoms with van der Waals surface area (Å²) in [6.07, 6.45) is -22.2. The molecule has 0 bridgehead atoms. The molecule has 0 aliphatic carbocycles. The lowest BCUT2D eigenvalue weighted by atomic mass is 9.83. The average molecular weight is 549 g/mol. The van der Waals surface area contributed by atoms with Crippen LogP contribution in [-0.2, 0) is 12.1 Å². The highest BCUT2D eigenvalue weighted by molar-refractivity contribution is 9.11. The van der Waals surface area contributed by atoms with Crippen LogP contribution in [0, 0.1) is 6.07 Å². The van der Waals surface area contributed by atoms with Crippen LogP contribution in [0.3, 0.4) is 0 Å². The van der Waals surface area contributed by atoms with Gasteiger partial charge in [0, 0.05) is 27.0 Å². The summed E-state index contributed by atoms with van der Waals surface area (Å²) in [6, 6.07) is 1.93. The summed E-state index contributed by atoms with van der Waals surface area (Å²) < 4.78 is 154. The minimum Gasteiger partial charge on any atom is -0.221 e. The fourth-order valence-corrected chi connectivity index (χ4v) is 3.38. The number of benzene rings is 1. The molecule has 0 fully saturated rings. The molecule has 155 valence electrons. The molecule has 1 rings (SSSR count). The number of hydrogen-bond acceptors (Lipinski definition) is 0. The van der Waals surface area contributed by atoms with Crippen molar-refractivity contribution in [3.8, 4) is 0 Å². The Morgan fingerprint density at radius 1 is 0.778 bits per heavy atom. The van der Waals surface area contributed by atoms with Crippen LogP contribution in [-0.4, -0.2) is 24.5 Å². The van der Waals surface area contributed by atoms with Gasteiger partial charge in [0.25, 0.3) is 0 Å². The summed E-state index contributed by atoms with van der Waals surface area (Å²) in [5.74, 6) is -6.99. The van der Waals surface area contributed by atoms with E-state index in [1.54, 1.807) is 0 Å². The summed E-state index contributed by atoms with van der Waals surface area (Å²) in [5.41, 5.74) is -10.0. The fraction of sp³-hybridized carbons (Fsp3) is 0.538. The molecule has 0 heterocycles. The van der Waals surface area contributed by atoms with Crippen LogP contribution in [0.5, 0.6) is 0 Å². The molecule has 27 heavy (non-hydrogen) atoms. The first-order valence-corrected chi connectivity index (χ1v) is 8.02. The summed E-state index contributed by atoms with van der Waals surface area (Å²) >= 11 is 4.88. The molecule has 0 N–H and O–H groups in total. The Hall–Kier alpha value is -0.660. The highest BCUT2D eigenvalue weighted by Gasteiger charge is 2.82. The van der Waals surface area contributed by atoms with Crippen molar-refractivity contribution in [1.82, 2.24) is 0 Å². The van der Waals surface area contributed by atoms with Gasteiger partial charge in [0.15, 0.2) is 0 Å². The third-order valence-electron chi connectivity index (χ3n) is 3.30. The van der Waals surface area contributed by atoms with Gasteiger partial charge in [-0.25, -0.2) is 4.39 Å². The monoisotopic (exact) mass is 547 g/mol. The zero-order valence-electron chi connectivity index (χ0n) is 12.3. The first-order valence-electron chi connectivity index (χ1n) is 6.43. The third-order valence-corrected chi connectivity index (χ3v) is 4.40. The Bertz CT molecular complexity index is 688. The van der Waals surface area contributed by atoms with E-state index in [4.69, 9.17) is 0 Å². The molecule has 0 aromatic heterocycles. The van der Waals surface area contributed by atoms with Crippen LogP contribution in [0.4, 0.5) is 52.7 Å². The number of halogens is 14. The molecule has 1 unspecified atom stereocenters. The maximum Gasteiger partial charge on any atom is 0.457 e. The smallest absolute Gasteiger partial charge is 0.221 e. The first kappa shape index (κ1) is 24.4. The molecule has 1 aromatic carbocycles. The second-order valence-corrected chi connectivity index (χ2v) is 6.81. The maximum absolute atomic E-state index is 14.6. The molecule has 1 radical (unpaired) electrons. The van der Waals surface area contributed by atoms with Crippen molar-refractivity contribution < 1.29 is 52.7 Å². The lowest BCUT2D eigenvalue weighted by molar-refractivity contribution is -0.389. The SMILES string of the molecule is FC(F)(F)CCc1c(Br)[c]c(Br)cc1C(F)(C(F)(F)F)C(F)(F)C(F)(F)F. The van der Waals surface area contributed by atoms with E-state index in [1.165, 1.54) is 0 Å². The fourth-order valence-electron chi connectivity index (χ4n) is 2.06. The van der Waals surface area contributed by atoms with E-state index >= 15 is 0 Å². The van der Waals surface area contributed by atoms with Crippen molar-refractivity contribution in [2.24, 2.45) is 0 Å². The van der Waals surface area contributed by atoms with Gasteiger partial charge < -0.3 is 0 Å². The van der Waals surface area contributed by atoms with Gasteiger partial charge >= 0.3 is 30.1 Å². The average Bonchev–Trinajstić information content (AvgIpc) is 2.40. The zero-order valence-corrected chi connectivity index (χ0v) is 15.5. The van der Waals surface area contributed by atoms with Crippen molar-refractivity contribution >= 4 is 31.9 Å². The van der Waals surface area contributed by atoms with Crippen molar-refractivity contribution in [3.63, 3.8) is 0 Å². The van der Waals surface area contributed by atoms with Gasteiger partial charge in [0.05, 0.1) is 0 Å². The quantitative estimate of drug-likeness (QED) is 0.343. The molecule has 14 heteroatoms. The van der Waals surface area contributed by atoms with Gasteiger partial charge in [-0.2, -0.15) is 48.3 Å². The lowest BCUT2D eigenvalue weighted by Gasteiger charge is -2.37. The topological polar surface area (TPSA) is 0 Å². The Labute approximate surface area is 160 Å². The standard InChI is InChI=1S/C13H5Br2F12/c14-5-3-7(6(8(15)4-5)1-2-9(16,17)18)10(19,12(22,23)24)11(20,21)13(25,26)27/h3H,1-2H2. The van der Waals surface area contributed by atoms with Gasteiger partial charge in [-0.3, -0.25) is 0 Å². The summed E-state index contributed by atoms with van der Waals surface area (Å²) in [7, 11) is 0. The van der Waals surface area contributed by atoms with Crippen LogP contribution in [0.2, 0.25) is 0 Å². The predicted octanol–water partition coefficient (Wildman–Crippen LogP) is 7.43. The summed E-state index contributed by atoms with van der Waals surface area (Å²) in [5, 5.41) is 0. The molecule has 0 spiro atoms. The molecule has 0 saturated heterocycles. The second-order valence-electron chi connectivity index (χ2n) is 5.17. The molecule has 0 amide bonds.